The average Bonchev–Trinajstić information content (AvgIpc) is 2.98. The molecule has 2 fully saturated rings. The first kappa shape index (κ1) is 19.2. The van der Waals surface area contributed by atoms with Crippen molar-refractivity contribution in [1.82, 2.24) is 4.72 Å². The summed E-state index contributed by atoms with van der Waals surface area (Å²) in [7, 11) is -3.09. The van der Waals surface area contributed by atoms with Crippen molar-refractivity contribution in [2.45, 2.75) is 49.7 Å². The van der Waals surface area contributed by atoms with E-state index >= 15 is 0 Å². The first-order valence-corrected chi connectivity index (χ1v) is 12.6. The number of sulfonamides is 1. The third-order valence-corrected chi connectivity index (χ3v) is 8.52. The molecule has 1 heterocycles. The maximum Gasteiger partial charge on any atom is 0.208 e. The molecule has 4 nitrogen and oxygen atoms in total. The summed E-state index contributed by atoms with van der Waals surface area (Å²) < 4.78 is 25.3. The van der Waals surface area contributed by atoms with Gasteiger partial charge in [0.2, 0.25) is 10.0 Å². The lowest BCUT2D eigenvalue weighted by Gasteiger charge is -2.31. The molecule has 1 aliphatic heterocycles. The summed E-state index contributed by atoms with van der Waals surface area (Å²) in [5, 5.41) is 8.93. The molecule has 1 saturated carbocycles. The monoisotopic (exact) mass is 404 g/mol. The molecule has 1 saturated heterocycles. The van der Waals surface area contributed by atoms with E-state index in [1.54, 1.807) is 0 Å². The quantitative estimate of drug-likeness (QED) is 0.794. The zero-order valence-corrected chi connectivity index (χ0v) is 17.4. The van der Waals surface area contributed by atoms with E-state index in [-0.39, 0.29) is 0 Å². The van der Waals surface area contributed by atoms with Crippen LogP contribution in [0.2, 0.25) is 0 Å². The van der Waals surface area contributed by atoms with Crippen molar-refractivity contribution in [3.8, 4) is 0 Å². The molecule has 146 valence electrons. The molecular weight excluding hydrogens is 376 g/mol. The Labute approximate surface area is 166 Å². The largest absolute Gasteiger partial charge is 0.305 e. The summed E-state index contributed by atoms with van der Waals surface area (Å²) in [4.78, 5) is 1.39. The highest BCUT2D eigenvalue weighted by molar-refractivity contribution is 8.04. The number of nitrogens with one attached hydrogen (secondary N) is 2. The third kappa shape index (κ3) is 4.49. The highest BCUT2D eigenvalue weighted by atomic mass is 32.2. The molecule has 27 heavy (non-hydrogen) atoms. The van der Waals surface area contributed by atoms with Gasteiger partial charge in [0, 0.05) is 29.8 Å². The molecular formula is C21H28N2O2S2. The number of thioether (sulfide) groups is 1. The topological polar surface area (TPSA) is 70.0 Å². The maximum absolute atomic E-state index is 11.3. The van der Waals surface area contributed by atoms with E-state index in [4.69, 9.17) is 5.41 Å². The summed E-state index contributed by atoms with van der Waals surface area (Å²) in [6, 6.07) is 8.65. The third-order valence-electron chi connectivity index (χ3n) is 6.28. The molecule has 0 spiro atoms. The molecule has 0 aromatic heterocycles. The second-order valence-electron chi connectivity index (χ2n) is 8.29. The fraction of sp³-hybridized carbons (Fsp3) is 0.571. The Morgan fingerprint density at radius 1 is 1.19 bits per heavy atom. The van der Waals surface area contributed by atoms with Crippen LogP contribution in [0.3, 0.4) is 0 Å². The van der Waals surface area contributed by atoms with Crippen LogP contribution in [0.15, 0.2) is 35.2 Å². The van der Waals surface area contributed by atoms with Gasteiger partial charge in [-0.05, 0) is 66.0 Å². The zero-order valence-electron chi connectivity index (χ0n) is 15.8. The minimum Gasteiger partial charge on any atom is -0.305 e. The highest BCUT2D eigenvalue weighted by Crippen LogP contribution is 2.53. The minimum atomic E-state index is -3.09. The second kappa shape index (κ2) is 7.72. The predicted octanol–water partition coefficient (Wildman–Crippen LogP) is 4.09. The normalized spacial score (nSPS) is 31.0. The van der Waals surface area contributed by atoms with Gasteiger partial charge < -0.3 is 5.41 Å². The Bertz CT molecular complexity index is 855. The summed E-state index contributed by atoms with van der Waals surface area (Å²) in [5.41, 5.74) is 3.46. The SMILES string of the molecule is CS(=O)(=O)NCC1CCC(C2CC3C(=CC(=N)Cc4ccccc43)S2)CC1. The highest BCUT2D eigenvalue weighted by Gasteiger charge is 2.39. The lowest BCUT2D eigenvalue weighted by molar-refractivity contribution is 0.267. The first-order valence-electron chi connectivity index (χ1n) is 9.87. The summed E-state index contributed by atoms with van der Waals surface area (Å²) in [6.45, 7) is 0.585. The van der Waals surface area contributed by atoms with Gasteiger partial charge in [0.25, 0.3) is 0 Å². The molecule has 0 bridgehead atoms. The van der Waals surface area contributed by atoms with Gasteiger partial charge in [-0.1, -0.05) is 24.3 Å². The van der Waals surface area contributed by atoms with Crippen molar-refractivity contribution in [1.29, 1.82) is 5.41 Å². The van der Waals surface area contributed by atoms with E-state index in [2.05, 4.69) is 35.1 Å². The van der Waals surface area contributed by atoms with Crippen molar-refractivity contribution in [2.24, 2.45) is 11.8 Å². The predicted molar refractivity (Wildman–Crippen MR) is 113 cm³/mol. The average molecular weight is 405 g/mol. The van der Waals surface area contributed by atoms with Crippen LogP contribution in [0.4, 0.5) is 0 Å². The van der Waals surface area contributed by atoms with Gasteiger partial charge in [-0.3, -0.25) is 0 Å². The van der Waals surface area contributed by atoms with E-state index in [9.17, 15) is 8.42 Å². The van der Waals surface area contributed by atoms with Crippen LogP contribution >= 0.6 is 11.8 Å². The summed E-state index contributed by atoms with van der Waals surface area (Å²) in [5.74, 6) is 1.64. The molecule has 1 aromatic carbocycles. The van der Waals surface area contributed by atoms with Crippen LogP contribution in [0.5, 0.6) is 0 Å². The van der Waals surface area contributed by atoms with E-state index in [1.165, 1.54) is 41.6 Å². The first-order chi connectivity index (χ1) is 12.9. The fourth-order valence-electron chi connectivity index (χ4n) is 4.85. The van der Waals surface area contributed by atoms with Gasteiger partial charge in [-0.15, -0.1) is 11.8 Å². The van der Waals surface area contributed by atoms with Crippen molar-refractivity contribution >= 4 is 27.5 Å². The molecule has 0 radical (unpaired) electrons. The molecule has 3 aliphatic rings. The van der Waals surface area contributed by atoms with Gasteiger partial charge in [0.15, 0.2) is 0 Å². The molecule has 2 unspecified atom stereocenters. The molecule has 1 aromatic rings. The number of benzene rings is 1. The number of rotatable bonds is 4. The van der Waals surface area contributed by atoms with Gasteiger partial charge in [-0.25, -0.2) is 13.1 Å². The van der Waals surface area contributed by atoms with Crippen LogP contribution in [0, 0.1) is 17.2 Å². The maximum atomic E-state index is 11.3. The second-order valence-corrected chi connectivity index (χ2v) is 11.4. The van der Waals surface area contributed by atoms with Gasteiger partial charge in [0.1, 0.15) is 0 Å². The molecule has 2 aliphatic carbocycles. The van der Waals surface area contributed by atoms with E-state index in [1.807, 2.05) is 11.8 Å². The van der Waals surface area contributed by atoms with E-state index < -0.39 is 10.0 Å². The Morgan fingerprint density at radius 3 is 2.67 bits per heavy atom. The lowest BCUT2D eigenvalue weighted by Crippen LogP contribution is -2.32. The summed E-state index contributed by atoms with van der Waals surface area (Å²) >= 11 is 2.01. The van der Waals surface area contributed by atoms with Gasteiger partial charge >= 0.3 is 0 Å². The van der Waals surface area contributed by atoms with E-state index in [0.717, 1.165) is 25.0 Å². The molecule has 4 rings (SSSR count). The lowest BCUT2D eigenvalue weighted by atomic mass is 9.78. The number of allylic oxidation sites excluding steroid dienone is 2. The Balaban J connectivity index is 1.41. The van der Waals surface area contributed by atoms with Crippen molar-refractivity contribution in [3.63, 3.8) is 0 Å². The number of hydrogen-bond donors (Lipinski definition) is 2. The number of fused-ring (bicyclic) bond motifs is 3. The Kier molecular flexibility index (Phi) is 5.50. The van der Waals surface area contributed by atoms with E-state index in [0.29, 0.717) is 29.5 Å². The number of hydrogen-bond acceptors (Lipinski definition) is 4. The van der Waals surface area contributed by atoms with Crippen molar-refractivity contribution < 1.29 is 8.42 Å². The molecule has 2 atom stereocenters. The fourth-order valence-corrected chi connectivity index (χ4v) is 7.09. The molecule has 2 N–H and O–H groups in total. The smallest absolute Gasteiger partial charge is 0.208 e. The Hall–Kier alpha value is -1.11. The molecule has 0 amide bonds. The van der Waals surface area contributed by atoms with Crippen LogP contribution in [-0.4, -0.2) is 32.2 Å². The van der Waals surface area contributed by atoms with Crippen LogP contribution < -0.4 is 4.72 Å². The minimum absolute atomic E-state index is 0.462. The van der Waals surface area contributed by atoms with Crippen molar-refractivity contribution in [3.05, 3.63) is 46.4 Å². The van der Waals surface area contributed by atoms with Gasteiger partial charge in [0.05, 0.1) is 6.26 Å². The molecule has 6 heteroatoms. The van der Waals surface area contributed by atoms with Crippen molar-refractivity contribution in [2.75, 3.05) is 12.8 Å². The van der Waals surface area contributed by atoms with Crippen LogP contribution in [0.1, 0.15) is 49.1 Å². The standard InChI is InChI=1S/C21H28N2O2S2/c1-27(24,25)23-13-14-6-8-15(9-7-14)20-12-19-18-5-3-2-4-16(18)10-17(22)11-21(19)26-20/h2-5,11,14-15,19-20,22-23H,6-10,12-13H2,1H3. The van der Waals surface area contributed by atoms with Crippen LogP contribution in [0.25, 0.3) is 0 Å². The Morgan fingerprint density at radius 2 is 1.93 bits per heavy atom. The van der Waals surface area contributed by atoms with Gasteiger partial charge in [-0.2, -0.15) is 0 Å². The summed E-state index contributed by atoms with van der Waals surface area (Å²) in [6.07, 6.45) is 9.89. The van der Waals surface area contributed by atoms with Crippen LogP contribution in [-0.2, 0) is 16.4 Å². The zero-order chi connectivity index (χ0) is 19.0.